The number of rotatable bonds is 12. The van der Waals surface area contributed by atoms with Gasteiger partial charge in [-0.3, -0.25) is 10.1 Å². The van der Waals surface area contributed by atoms with Gasteiger partial charge >= 0.3 is 0 Å². The molecule has 2 heterocycles. The van der Waals surface area contributed by atoms with Crippen LogP contribution in [-0.2, 0) is 9.53 Å². The predicted octanol–water partition coefficient (Wildman–Crippen LogP) is 1.67. The van der Waals surface area contributed by atoms with Gasteiger partial charge in [-0.05, 0) is 26.0 Å². The van der Waals surface area contributed by atoms with Gasteiger partial charge in [0.15, 0.2) is 0 Å². The van der Waals surface area contributed by atoms with Gasteiger partial charge in [-0.25, -0.2) is 9.97 Å². The number of carbonyl (C=O) groups is 1. The van der Waals surface area contributed by atoms with Crippen LogP contribution >= 0.6 is 0 Å². The summed E-state index contributed by atoms with van der Waals surface area (Å²) in [6.07, 6.45) is 10.3. The topological polar surface area (TPSA) is 113 Å². The van der Waals surface area contributed by atoms with Crippen LogP contribution in [0.5, 0.6) is 0 Å². The molecule has 0 saturated heterocycles. The number of ether oxygens (including phenoxy) is 1. The summed E-state index contributed by atoms with van der Waals surface area (Å²) in [5.74, 6) is 8.53. The fraction of sp³-hybridized carbons (Fsp3) is 0.391. The standard InChI is InChI=1S/C23H28FN7O2/c1-4-19(25-2)22(32)28-11-7-5-6-9-17-16-29-23(30-18-10-13-26-20(24)15-18)31-21(17)27-12-8-14-33-3/h1,10,13,15-16,19,25H,5,7-8,11-12,14H2,2-3H3,(H,28,32)(H2,26,27,29,30,31)/t19-/m0/s1. The van der Waals surface area contributed by atoms with Gasteiger partial charge in [0.1, 0.15) is 11.9 Å². The lowest BCUT2D eigenvalue weighted by atomic mass is 10.2. The zero-order valence-corrected chi connectivity index (χ0v) is 18.7. The van der Waals surface area contributed by atoms with Crippen molar-refractivity contribution in [3.63, 3.8) is 0 Å². The van der Waals surface area contributed by atoms with E-state index in [2.05, 4.69) is 54.0 Å². The van der Waals surface area contributed by atoms with Crippen LogP contribution in [-0.4, -0.2) is 60.8 Å². The van der Waals surface area contributed by atoms with E-state index in [1.54, 1.807) is 26.4 Å². The molecule has 2 aromatic rings. The highest BCUT2D eigenvalue weighted by Gasteiger charge is 2.11. The lowest BCUT2D eigenvalue weighted by molar-refractivity contribution is -0.121. The number of halogens is 1. The van der Waals surface area contributed by atoms with E-state index in [0.29, 0.717) is 55.6 Å². The zero-order valence-electron chi connectivity index (χ0n) is 18.7. The Morgan fingerprint density at radius 1 is 1.30 bits per heavy atom. The maximum Gasteiger partial charge on any atom is 0.249 e. The molecule has 1 amide bonds. The van der Waals surface area contributed by atoms with E-state index in [-0.39, 0.29) is 5.91 Å². The Labute approximate surface area is 193 Å². The average molecular weight is 454 g/mol. The monoisotopic (exact) mass is 453 g/mol. The summed E-state index contributed by atoms with van der Waals surface area (Å²) in [4.78, 5) is 24.1. The normalized spacial score (nSPS) is 11.0. The molecule has 0 aliphatic heterocycles. The third-order valence-corrected chi connectivity index (χ3v) is 4.31. The minimum Gasteiger partial charge on any atom is -0.385 e. The summed E-state index contributed by atoms with van der Waals surface area (Å²) in [7, 11) is 3.28. The van der Waals surface area contributed by atoms with Crippen molar-refractivity contribution < 1.29 is 13.9 Å². The number of hydrogen-bond acceptors (Lipinski definition) is 8. The number of anilines is 3. The highest BCUT2D eigenvalue weighted by molar-refractivity contribution is 5.84. The van der Waals surface area contributed by atoms with E-state index >= 15 is 0 Å². The molecule has 0 aliphatic rings. The van der Waals surface area contributed by atoms with Gasteiger partial charge in [0, 0.05) is 51.2 Å². The molecule has 9 nitrogen and oxygen atoms in total. The van der Waals surface area contributed by atoms with E-state index in [1.165, 1.54) is 12.3 Å². The van der Waals surface area contributed by atoms with Crippen LogP contribution in [0.15, 0.2) is 24.5 Å². The Morgan fingerprint density at radius 3 is 2.88 bits per heavy atom. The van der Waals surface area contributed by atoms with Gasteiger partial charge in [-0.2, -0.15) is 9.37 Å². The van der Waals surface area contributed by atoms with Crippen LogP contribution in [0.3, 0.4) is 0 Å². The molecule has 33 heavy (non-hydrogen) atoms. The number of nitrogens with zero attached hydrogens (tertiary/aromatic N) is 3. The quantitative estimate of drug-likeness (QED) is 0.218. The number of aromatic nitrogens is 3. The van der Waals surface area contributed by atoms with E-state index in [0.717, 1.165) is 6.42 Å². The largest absolute Gasteiger partial charge is 0.385 e. The Morgan fingerprint density at radius 2 is 2.15 bits per heavy atom. The highest BCUT2D eigenvalue weighted by Crippen LogP contribution is 2.17. The summed E-state index contributed by atoms with van der Waals surface area (Å²) >= 11 is 0. The molecule has 0 bridgehead atoms. The van der Waals surface area contributed by atoms with Gasteiger partial charge < -0.3 is 20.7 Å². The molecular weight excluding hydrogens is 425 g/mol. The molecule has 0 saturated carbocycles. The van der Waals surface area contributed by atoms with Gasteiger partial charge in [0.2, 0.25) is 17.8 Å². The number of hydrogen-bond donors (Lipinski definition) is 4. The summed E-state index contributed by atoms with van der Waals surface area (Å²) in [6, 6.07) is 2.23. The second-order valence-corrected chi connectivity index (χ2v) is 6.81. The minimum atomic E-state index is -0.643. The molecular formula is C23H28FN7O2. The molecule has 0 unspecified atom stereocenters. The van der Waals surface area contributed by atoms with Gasteiger partial charge in [0.05, 0.1) is 11.8 Å². The van der Waals surface area contributed by atoms with Gasteiger partial charge in [-0.1, -0.05) is 17.8 Å². The third kappa shape index (κ3) is 9.11. The number of methoxy groups -OCH3 is 1. The van der Waals surface area contributed by atoms with Crippen molar-refractivity contribution >= 4 is 23.4 Å². The maximum absolute atomic E-state index is 13.3. The average Bonchev–Trinajstić information content (AvgIpc) is 2.81. The summed E-state index contributed by atoms with van der Waals surface area (Å²) in [6.45, 7) is 1.72. The number of terminal acetylenes is 1. The molecule has 0 aliphatic carbocycles. The minimum absolute atomic E-state index is 0.235. The molecule has 0 spiro atoms. The van der Waals surface area contributed by atoms with Crippen molar-refractivity contribution in [2.45, 2.75) is 25.3 Å². The van der Waals surface area contributed by atoms with Crippen LogP contribution in [0.4, 0.5) is 21.8 Å². The van der Waals surface area contributed by atoms with E-state index in [1.807, 2.05) is 0 Å². The first-order chi connectivity index (χ1) is 16.1. The first-order valence-corrected chi connectivity index (χ1v) is 10.5. The second-order valence-electron chi connectivity index (χ2n) is 6.81. The van der Waals surface area contributed by atoms with Crippen molar-refractivity contribution in [2.24, 2.45) is 0 Å². The fourth-order valence-electron chi connectivity index (χ4n) is 2.64. The number of nitrogens with one attached hydrogen (secondary N) is 4. The second kappa shape index (κ2) is 14.4. The summed E-state index contributed by atoms with van der Waals surface area (Å²) < 4.78 is 18.4. The molecule has 10 heteroatoms. The Bertz CT molecular complexity index is 1010. The number of pyridine rings is 1. The van der Waals surface area contributed by atoms with Crippen molar-refractivity contribution in [3.05, 3.63) is 36.0 Å². The van der Waals surface area contributed by atoms with Crippen LogP contribution in [0.25, 0.3) is 0 Å². The molecule has 4 N–H and O–H groups in total. The number of carbonyl (C=O) groups excluding carboxylic acids is 1. The Kier molecular flexibility index (Phi) is 11.1. The Hall–Kier alpha value is -3.73. The van der Waals surface area contributed by atoms with Gasteiger partial charge in [0.25, 0.3) is 0 Å². The van der Waals surface area contributed by atoms with Gasteiger partial charge in [-0.15, -0.1) is 6.42 Å². The molecule has 0 fully saturated rings. The molecule has 2 aromatic heterocycles. The lowest BCUT2D eigenvalue weighted by Gasteiger charge is -2.10. The predicted molar refractivity (Wildman–Crippen MR) is 125 cm³/mol. The third-order valence-electron chi connectivity index (χ3n) is 4.31. The van der Waals surface area contributed by atoms with Crippen LogP contribution in [0, 0.1) is 30.1 Å². The molecule has 0 radical (unpaired) electrons. The van der Waals surface area contributed by atoms with E-state index in [4.69, 9.17) is 11.2 Å². The number of likely N-dealkylation sites (N-methyl/N-ethyl adjacent to an activating group) is 1. The first kappa shape index (κ1) is 25.5. The number of amides is 1. The van der Waals surface area contributed by atoms with Crippen LogP contribution < -0.4 is 21.3 Å². The van der Waals surface area contributed by atoms with Crippen molar-refractivity contribution in [3.8, 4) is 24.2 Å². The van der Waals surface area contributed by atoms with E-state index in [9.17, 15) is 9.18 Å². The molecule has 174 valence electrons. The SMILES string of the molecule is C#C[C@H](NC)C(=O)NCCCC#Cc1cnc(Nc2ccnc(F)c2)nc1NCCCOC. The molecule has 1 atom stereocenters. The lowest BCUT2D eigenvalue weighted by Crippen LogP contribution is -2.41. The number of unbranched alkanes of at least 4 members (excludes halogenated alkanes) is 1. The van der Waals surface area contributed by atoms with Crippen molar-refractivity contribution in [2.75, 3.05) is 44.5 Å². The smallest absolute Gasteiger partial charge is 0.249 e. The molecule has 0 aromatic carbocycles. The first-order valence-electron chi connectivity index (χ1n) is 10.5. The highest BCUT2D eigenvalue weighted by atomic mass is 19.1. The van der Waals surface area contributed by atoms with Crippen molar-refractivity contribution in [1.82, 2.24) is 25.6 Å². The van der Waals surface area contributed by atoms with Crippen LogP contribution in [0.2, 0.25) is 0 Å². The Balaban J connectivity index is 1.99. The maximum atomic E-state index is 13.3. The van der Waals surface area contributed by atoms with E-state index < -0.39 is 12.0 Å². The zero-order chi connectivity index (χ0) is 23.9. The molecule has 2 rings (SSSR count). The summed E-state index contributed by atoms with van der Waals surface area (Å²) in [5, 5.41) is 11.7. The summed E-state index contributed by atoms with van der Waals surface area (Å²) in [5.41, 5.74) is 1.12. The van der Waals surface area contributed by atoms with Crippen LogP contribution in [0.1, 0.15) is 24.8 Å². The van der Waals surface area contributed by atoms with Crippen molar-refractivity contribution in [1.29, 1.82) is 0 Å². The fourth-order valence-corrected chi connectivity index (χ4v) is 2.64.